The summed E-state index contributed by atoms with van der Waals surface area (Å²) in [6.45, 7) is 1.11. The first-order valence-electron chi connectivity index (χ1n) is 10.5. The number of carbonyl (C=O) groups is 1. The van der Waals surface area contributed by atoms with E-state index in [9.17, 15) is 17.6 Å². The highest BCUT2D eigenvalue weighted by molar-refractivity contribution is 8.00. The maximum Gasteiger partial charge on any atom is 0.243 e. The van der Waals surface area contributed by atoms with Crippen molar-refractivity contribution in [2.75, 3.05) is 18.4 Å². The number of anilines is 1. The summed E-state index contributed by atoms with van der Waals surface area (Å²) in [7, 11) is -3.49. The summed E-state index contributed by atoms with van der Waals surface area (Å²) < 4.78 is 40.7. The van der Waals surface area contributed by atoms with Gasteiger partial charge in [-0.25, -0.2) is 12.8 Å². The summed E-state index contributed by atoms with van der Waals surface area (Å²) in [5.74, 6) is 0.0889. The van der Waals surface area contributed by atoms with Crippen molar-refractivity contribution in [1.29, 1.82) is 0 Å². The molecule has 0 spiro atoms. The van der Waals surface area contributed by atoms with Crippen LogP contribution in [0.15, 0.2) is 57.8 Å². The normalized spacial score (nSPS) is 14.8. The third-order valence-corrected chi connectivity index (χ3v) is 9.13. The lowest BCUT2D eigenvalue weighted by molar-refractivity contribution is -0.115. The van der Waals surface area contributed by atoms with Crippen molar-refractivity contribution in [2.45, 2.75) is 40.7 Å². The van der Waals surface area contributed by atoms with Crippen LogP contribution in [0.2, 0.25) is 0 Å². The molecule has 11 heteroatoms. The molecule has 2 aromatic carbocycles. The fraction of sp³-hybridized carbons (Fsp3) is 0.318. The second kappa shape index (κ2) is 10.7. The molecule has 0 unspecified atom stereocenters. The molecule has 1 saturated heterocycles. The van der Waals surface area contributed by atoms with Gasteiger partial charge in [-0.2, -0.15) is 4.31 Å². The Bertz CT molecular complexity index is 1190. The van der Waals surface area contributed by atoms with E-state index in [-0.39, 0.29) is 23.0 Å². The van der Waals surface area contributed by atoms with Crippen LogP contribution in [-0.2, 0) is 27.0 Å². The number of halogens is 1. The van der Waals surface area contributed by atoms with Crippen LogP contribution in [0, 0.1) is 5.82 Å². The maximum absolute atomic E-state index is 13.0. The van der Waals surface area contributed by atoms with E-state index in [4.69, 9.17) is 0 Å². The fourth-order valence-electron chi connectivity index (χ4n) is 3.43. The average molecular weight is 507 g/mol. The van der Waals surface area contributed by atoms with Gasteiger partial charge in [0.15, 0.2) is 4.34 Å². The molecule has 1 fully saturated rings. The average Bonchev–Trinajstić information content (AvgIpc) is 3.26. The van der Waals surface area contributed by atoms with Gasteiger partial charge in [0.1, 0.15) is 5.82 Å². The van der Waals surface area contributed by atoms with Crippen LogP contribution in [0.1, 0.15) is 30.4 Å². The second-order valence-electron chi connectivity index (χ2n) is 7.62. The highest BCUT2D eigenvalue weighted by Crippen LogP contribution is 2.28. The molecule has 1 aromatic heterocycles. The minimum Gasteiger partial charge on any atom is -0.300 e. The summed E-state index contributed by atoms with van der Waals surface area (Å²) in [6.07, 6.45) is 2.93. The van der Waals surface area contributed by atoms with Crippen molar-refractivity contribution < 1.29 is 17.6 Å². The molecular weight excluding hydrogens is 483 g/mol. The first-order valence-corrected chi connectivity index (χ1v) is 13.7. The SMILES string of the molecule is O=C(Cc1ccc(S(=O)(=O)N2CCCCC2)cc1)Nc1nnc(SCc2ccc(F)cc2)s1. The summed E-state index contributed by atoms with van der Waals surface area (Å²) in [6, 6.07) is 12.7. The zero-order valence-electron chi connectivity index (χ0n) is 17.7. The summed E-state index contributed by atoms with van der Waals surface area (Å²) in [4.78, 5) is 12.6. The first kappa shape index (κ1) is 23.8. The van der Waals surface area contributed by atoms with E-state index in [1.807, 2.05) is 0 Å². The Hall–Kier alpha value is -2.34. The number of hydrogen-bond donors (Lipinski definition) is 1. The molecule has 0 radical (unpaired) electrons. The Morgan fingerprint density at radius 1 is 1.00 bits per heavy atom. The van der Waals surface area contributed by atoms with Gasteiger partial charge in [0.2, 0.25) is 21.1 Å². The van der Waals surface area contributed by atoms with Gasteiger partial charge in [0, 0.05) is 18.8 Å². The number of rotatable bonds is 8. The van der Waals surface area contributed by atoms with E-state index < -0.39 is 10.0 Å². The lowest BCUT2D eigenvalue weighted by Gasteiger charge is -2.25. The number of hydrogen-bond acceptors (Lipinski definition) is 7. The predicted molar refractivity (Wildman–Crippen MR) is 127 cm³/mol. The van der Waals surface area contributed by atoms with Gasteiger partial charge in [-0.15, -0.1) is 10.2 Å². The third kappa shape index (κ3) is 6.38. The van der Waals surface area contributed by atoms with Crippen molar-refractivity contribution in [1.82, 2.24) is 14.5 Å². The Balaban J connectivity index is 1.29. The number of amides is 1. The number of sulfonamides is 1. The van der Waals surface area contributed by atoms with Crippen molar-refractivity contribution in [3.05, 3.63) is 65.5 Å². The van der Waals surface area contributed by atoms with Crippen LogP contribution in [-0.4, -0.2) is 41.9 Å². The standard InChI is InChI=1S/C22H23FN4O3S3/c23-18-8-4-17(5-9-18)15-31-22-26-25-21(32-22)24-20(28)14-16-6-10-19(11-7-16)33(29,30)27-12-2-1-3-13-27/h4-11H,1-3,12-15H2,(H,24,25,28). The van der Waals surface area contributed by atoms with Crippen molar-refractivity contribution in [3.8, 4) is 0 Å². The lowest BCUT2D eigenvalue weighted by atomic mass is 10.1. The number of aromatic nitrogens is 2. The molecule has 2 heterocycles. The van der Waals surface area contributed by atoms with Crippen LogP contribution in [0.3, 0.4) is 0 Å². The zero-order chi connectivity index (χ0) is 23.3. The predicted octanol–water partition coefficient (Wildman–Crippen LogP) is 4.33. The van der Waals surface area contributed by atoms with E-state index >= 15 is 0 Å². The van der Waals surface area contributed by atoms with E-state index in [0.29, 0.717) is 33.9 Å². The first-order chi connectivity index (χ1) is 15.9. The van der Waals surface area contributed by atoms with Crippen molar-refractivity contribution >= 4 is 44.2 Å². The number of thioether (sulfide) groups is 1. The van der Waals surface area contributed by atoms with Crippen molar-refractivity contribution in [2.24, 2.45) is 0 Å². The number of carbonyl (C=O) groups excluding carboxylic acids is 1. The van der Waals surface area contributed by atoms with Crippen LogP contribution in [0.5, 0.6) is 0 Å². The van der Waals surface area contributed by atoms with Gasteiger partial charge in [0.25, 0.3) is 0 Å². The number of benzene rings is 2. The molecular formula is C22H23FN4O3S3. The molecule has 1 N–H and O–H groups in total. The summed E-state index contributed by atoms with van der Waals surface area (Å²) >= 11 is 2.72. The zero-order valence-corrected chi connectivity index (χ0v) is 20.2. The van der Waals surface area contributed by atoms with Crippen LogP contribution in [0.25, 0.3) is 0 Å². The molecule has 0 aliphatic carbocycles. The molecule has 1 amide bonds. The number of piperidine rings is 1. The third-order valence-electron chi connectivity index (χ3n) is 5.17. The van der Waals surface area contributed by atoms with Gasteiger partial charge in [-0.05, 0) is 48.2 Å². The Morgan fingerprint density at radius 3 is 2.36 bits per heavy atom. The molecule has 1 aliphatic heterocycles. The summed E-state index contributed by atoms with van der Waals surface area (Å²) in [5.41, 5.74) is 1.67. The molecule has 4 rings (SSSR count). The minimum atomic E-state index is -3.49. The molecule has 1 aliphatic rings. The fourth-order valence-corrected chi connectivity index (χ4v) is 6.67. The van der Waals surface area contributed by atoms with Gasteiger partial charge in [-0.1, -0.05) is 53.8 Å². The van der Waals surface area contributed by atoms with Gasteiger partial charge < -0.3 is 5.32 Å². The highest BCUT2D eigenvalue weighted by atomic mass is 32.2. The van der Waals surface area contributed by atoms with Crippen LogP contribution in [0.4, 0.5) is 9.52 Å². The van der Waals surface area contributed by atoms with E-state index in [0.717, 1.165) is 24.8 Å². The second-order valence-corrected chi connectivity index (χ2v) is 11.8. The van der Waals surface area contributed by atoms with Gasteiger partial charge >= 0.3 is 0 Å². The topological polar surface area (TPSA) is 92.3 Å². The highest BCUT2D eigenvalue weighted by Gasteiger charge is 2.25. The largest absolute Gasteiger partial charge is 0.300 e. The molecule has 0 saturated carbocycles. The molecule has 7 nitrogen and oxygen atoms in total. The lowest BCUT2D eigenvalue weighted by Crippen LogP contribution is -2.35. The van der Waals surface area contributed by atoms with Gasteiger partial charge in [0.05, 0.1) is 11.3 Å². The van der Waals surface area contributed by atoms with E-state index in [1.54, 1.807) is 36.4 Å². The van der Waals surface area contributed by atoms with Crippen LogP contribution < -0.4 is 5.32 Å². The molecule has 33 heavy (non-hydrogen) atoms. The molecule has 0 atom stereocenters. The molecule has 3 aromatic rings. The number of nitrogens with zero attached hydrogens (tertiary/aromatic N) is 3. The smallest absolute Gasteiger partial charge is 0.243 e. The molecule has 0 bridgehead atoms. The Morgan fingerprint density at radius 2 is 1.67 bits per heavy atom. The van der Waals surface area contributed by atoms with Crippen LogP contribution >= 0.6 is 23.1 Å². The quantitative estimate of drug-likeness (QED) is 0.361. The molecule has 174 valence electrons. The van der Waals surface area contributed by atoms with E-state index in [1.165, 1.54) is 39.5 Å². The Kier molecular flexibility index (Phi) is 7.74. The van der Waals surface area contributed by atoms with Gasteiger partial charge in [-0.3, -0.25) is 4.79 Å². The summed E-state index contributed by atoms with van der Waals surface area (Å²) in [5, 5.41) is 11.2. The monoisotopic (exact) mass is 506 g/mol. The van der Waals surface area contributed by atoms with Crippen molar-refractivity contribution in [3.63, 3.8) is 0 Å². The van der Waals surface area contributed by atoms with E-state index in [2.05, 4.69) is 15.5 Å². The minimum absolute atomic E-state index is 0.0989. The maximum atomic E-state index is 13.0. The number of nitrogens with one attached hydrogen (secondary N) is 1. The Labute approximate surface area is 200 Å².